The van der Waals surface area contributed by atoms with Crippen LogP contribution in [0.4, 0.5) is 10.8 Å². The molecule has 2 heterocycles. The standard InChI is InChI=1S/C14H15N3OS/c1-9-10(5-6-18-9)8-17(2)14-16-12-4-3-11(15)7-13(12)19-14/h3-7H,8,15H2,1-2H3. The molecule has 0 aliphatic heterocycles. The van der Waals surface area contributed by atoms with Gasteiger partial charge in [-0.25, -0.2) is 4.98 Å². The molecule has 0 spiro atoms. The minimum absolute atomic E-state index is 0.774. The van der Waals surface area contributed by atoms with E-state index in [1.807, 2.05) is 38.2 Å². The second-order valence-electron chi connectivity index (χ2n) is 4.58. The second kappa shape index (κ2) is 4.59. The van der Waals surface area contributed by atoms with Crippen LogP contribution in [0.25, 0.3) is 10.2 Å². The predicted molar refractivity (Wildman–Crippen MR) is 79.6 cm³/mol. The SMILES string of the molecule is Cc1occc1CN(C)c1nc2ccc(N)cc2s1. The van der Waals surface area contributed by atoms with E-state index in [1.165, 1.54) is 5.56 Å². The Kier molecular flexibility index (Phi) is 2.91. The van der Waals surface area contributed by atoms with Crippen molar-refractivity contribution in [2.75, 3.05) is 17.7 Å². The van der Waals surface area contributed by atoms with Gasteiger partial charge in [0, 0.05) is 24.8 Å². The van der Waals surface area contributed by atoms with E-state index in [0.29, 0.717) is 0 Å². The van der Waals surface area contributed by atoms with Gasteiger partial charge in [0.1, 0.15) is 5.76 Å². The summed E-state index contributed by atoms with van der Waals surface area (Å²) in [5, 5.41) is 0.987. The van der Waals surface area contributed by atoms with Crippen LogP contribution in [0.3, 0.4) is 0 Å². The molecular formula is C14H15N3OS. The zero-order valence-corrected chi connectivity index (χ0v) is 11.7. The van der Waals surface area contributed by atoms with Crippen LogP contribution in [-0.2, 0) is 6.54 Å². The monoisotopic (exact) mass is 273 g/mol. The van der Waals surface area contributed by atoms with E-state index in [2.05, 4.69) is 9.88 Å². The largest absolute Gasteiger partial charge is 0.469 e. The molecule has 2 N–H and O–H groups in total. The number of aromatic nitrogens is 1. The van der Waals surface area contributed by atoms with Crippen LogP contribution in [0.1, 0.15) is 11.3 Å². The molecule has 0 aliphatic rings. The normalized spacial score (nSPS) is 11.1. The highest BCUT2D eigenvalue weighted by atomic mass is 32.1. The Labute approximate surface area is 115 Å². The lowest BCUT2D eigenvalue weighted by molar-refractivity contribution is 0.529. The number of anilines is 2. The molecule has 0 radical (unpaired) electrons. The molecule has 4 nitrogen and oxygen atoms in total. The maximum Gasteiger partial charge on any atom is 0.186 e. The summed E-state index contributed by atoms with van der Waals surface area (Å²) in [6.07, 6.45) is 1.72. The van der Waals surface area contributed by atoms with E-state index in [-0.39, 0.29) is 0 Å². The lowest BCUT2D eigenvalue weighted by atomic mass is 10.2. The Morgan fingerprint density at radius 1 is 1.37 bits per heavy atom. The van der Waals surface area contributed by atoms with Crippen molar-refractivity contribution in [3.63, 3.8) is 0 Å². The third-order valence-electron chi connectivity index (χ3n) is 3.10. The third kappa shape index (κ3) is 2.29. The molecule has 98 valence electrons. The number of hydrogen-bond donors (Lipinski definition) is 1. The smallest absolute Gasteiger partial charge is 0.186 e. The first-order chi connectivity index (χ1) is 9.13. The molecule has 0 saturated heterocycles. The molecule has 0 fully saturated rings. The van der Waals surface area contributed by atoms with E-state index >= 15 is 0 Å². The highest BCUT2D eigenvalue weighted by Crippen LogP contribution is 2.30. The van der Waals surface area contributed by atoms with Crippen molar-refractivity contribution in [1.82, 2.24) is 4.98 Å². The van der Waals surface area contributed by atoms with Gasteiger partial charge in [-0.3, -0.25) is 0 Å². The maximum absolute atomic E-state index is 5.79. The van der Waals surface area contributed by atoms with E-state index in [0.717, 1.165) is 33.3 Å². The maximum atomic E-state index is 5.79. The topological polar surface area (TPSA) is 55.3 Å². The fourth-order valence-electron chi connectivity index (χ4n) is 1.99. The first-order valence-electron chi connectivity index (χ1n) is 6.03. The number of nitrogens with two attached hydrogens (primary N) is 1. The molecule has 0 amide bonds. The Hall–Kier alpha value is -2.01. The summed E-state index contributed by atoms with van der Waals surface area (Å²) in [6, 6.07) is 7.80. The average Bonchev–Trinajstić information content (AvgIpc) is 2.96. The van der Waals surface area contributed by atoms with Crippen molar-refractivity contribution >= 4 is 32.4 Å². The number of nitrogen functional groups attached to an aromatic ring is 1. The minimum Gasteiger partial charge on any atom is -0.469 e. The molecule has 5 heteroatoms. The fourth-order valence-corrected chi connectivity index (χ4v) is 2.97. The highest BCUT2D eigenvalue weighted by Gasteiger charge is 2.11. The van der Waals surface area contributed by atoms with Crippen LogP contribution in [0, 0.1) is 6.92 Å². The number of aryl methyl sites for hydroxylation is 1. The van der Waals surface area contributed by atoms with E-state index < -0.39 is 0 Å². The fraction of sp³-hybridized carbons (Fsp3) is 0.214. The van der Waals surface area contributed by atoms with Gasteiger partial charge in [0.25, 0.3) is 0 Å². The number of furan rings is 1. The zero-order valence-electron chi connectivity index (χ0n) is 10.9. The lowest BCUT2D eigenvalue weighted by Crippen LogP contribution is -2.16. The zero-order chi connectivity index (χ0) is 13.4. The van der Waals surface area contributed by atoms with Gasteiger partial charge in [0.15, 0.2) is 5.13 Å². The molecule has 0 atom stereocenters. The number of nitrogens with zero attached hydrogens (tertiary/aromatic N) is 2. The van der Waals surface area contributed by atoms with Crippen LogP contribution in [0.2, 0.25) is 0 Å². The number of benzene rings is 1. The van der Waals surface area contributed by atoms with Gasteiger partial charge in [-0.15, -0.1) is 0 Å². The van der Waals surface area contributed by atoms with Crippen LogP contribution < -0.4 is 10.6 Å². The van der Waals surface area contributed by atoms with Gasteiger partial charge < -0.3 is 15.1 Å². The van der Waals surface area contributed by atoms with Crippen LogP contribution in [0.15, 0.2) is 34.9 Å². The number of rotatable bonds is 3. The van der Waals surface area contributed by atoms with Crippen molar-refractivity contribution < 1.29 is 4.42 Å². The van der Waals surface area contributed by atoms with Gasteiger partial charge in [-0.2, -0.15) is 0 Å². The molecule has 0 unspecified atom stereocenters. The first-order valence-corrected chi connectivity index (χ1v) is 6.85. The van der Waals surface area contributed by atoms with E-state index in [9.17, 15) is 0 Å². The average molecular weight is 273 g/mol. The van der Waals surface area contributed by atoms with Gasteiger partial charge in [-0.1, -0.05) is 11.3 Å². The minimum atomic E-state index is 0.774. The first kappa shape index (κ1) is 12.0. The number of hydrogen-bond acceptors (Lipinski definition) is 5. The summed E-state index contributed by atoms with van der Waals surface area (Å²) in [4.78, 5) is 6.75. The molecule has 3 aromatic rings. The van der Waals surface area contributed by atoms with Crippen LogP contribution in [-0.4, -0.2) is 12.0 Å². The van der Waals surface area contributed by atoms with Gasteiger partial charge in [0.05, 0.1) is 16.5 Å². The molecule has 0 aliphatic carbocycles. The summed E-state index contributed by atoms with van der Waals surface area (Å²) < 4.78 is 6.43. The summed E-state index contributed by atoms with van der Waals surface area (Å²) in [5.41, 5.74) is 8.74. The van der Waals surface area contributed by atoms with E-state index in [1.54, 1.807) is 17.6 Å². The summed E-state index contributed by atoms with van der Waals surface area (Å²) in [6.45, 7) is 2.76. The molecule has 0 saturated carbocycles. The molecule has 2 aromatic heterocycles. The van der Waals surface area contributed by atoms with E-state index in [4.69, 9.17) is 10.2 Å². The van der Waals surface area contributed by atoms with Gasteiger partial charge >= 0.3 is 0 Å². The Morgan fingerprint density at radius 2 is 2.21 bits per heavy atom. The quantitative estimate of drug-likeness (QED) is 0.743. The predicted octanol–water partition coefficient (Wildman–Crippen LogP) is 3.42. The summed E-state index contributed by atoms with van der Waals surface area (Å²) in [5.74, 6) is 0.956. The lowest BCUT2D eigenvalue weighted by Gasteiger charge is -2.14. The van der Waals surface area contributed by atoms with Crippen molar-refractivity contribution in [2.45, 2.75) is 13.5 Å². The summed E-state index contributed by atoms with van der Waals surface area (Å²) in [7, 11) is 2.04. The second-order valence-corrected chi connectivity index (χ2v) is 5.59. The van der Waals surface area contributed by atoms with Crippen molar-refractivity contribution in [2.24, 2.45) is 0 Å². The third-order valence-corrected chi connectivity index (χ3v) is 4.23. The highest BCUT2D eigenvalue weighted by molar-refractivity contribution is 7.22. The van der Waals surface area contributed by atoms with Gasteiger partial charge in [-0.05, 0) is 31.2 Å². The molecule has 19 heavy (non-hydrogen) atoms. The van der Waals surface area contributed by atoms with Crippen LogP contribution >= 0.6 is 11.3 Å². The van der Waals surface area contributed by atoms with Crippen molar-refractivity contribution in [3.05, 3.63) is 41.9 Å². The molecule has 3 rings (SSSR count). The molecule has 1 aromatic carbocycles. The molecule has 0 bridgehead atoms. The van der Waals surface area contributed by atoms with Crippen molar-refractivity contribution in [1.29, 1.82) is 0 Å². The molecular weight excluding hydrogens is 258 g/mol. The Morgan fingerprint density at radius 3 is 2.95 bits per heavy atom. The Bertz CT molecular complexity index is 716. The number of thiazole rings is 1. The van der Waals surface area contributed by atoms with Gasteiger partial charge in [0.2, 0.25) is 0 Å². The number of fused-ring (bicyclic) bond motifs is 1. The summed E-state index contributed by atoms with van der Waals surface area (Å²) >= 11 is 1.65. The van der Waals surface area contributed by atoms with Crippen molar-refractivity contribution in [3.8, 4) is 0 Å². The van der Waals surface area contributed by atoms with Crippen LogP contribution in [0.5, 0.6) is 0 Å². The Balaban J connectivity index is 1.89.